The third-order valence-electron chi connectivity index (χ3n) is 2.33. The lowest BCUT2D eigenvalue weighted by atomic mass is 9.96. The van der Waals surface area contributed by atoms with Crippen LogP contribution in [0.2, 0.25) is 0 Å². The van der Waals surface area contributed by atoms with Crippen LogP contribution in [0, 0.1) is 5.92 Å². The summed E-state index contributed by atoms with van der Waals surface area (Å²) in [7, 11) is 0. The van der Waals surface area contributed by atoms with Crippen LogP contribution in [0.5, 0.6) is 0 Å². The summed E-state index contributed by atoms with van der Waals surface area (Å²) in [4.78, 5) is 0. The number of hydrazine groups is 1. The van der Waals surface area contributed by atoms with Crippen molar-refractivity contribution in [1.82, 2.24) is 5.43 Å². The molecule has 1 atom stereocenters. The fraction of sp³-hybridized carbons (Fsp3) is 1.00. The van der Waals surface area contributed by atoms with Gasteiger partial charge in [-0.3, -0.25) is 11.3 Å². The van der Waals surface area contributed by atoms with Gasteiger partial charge in [0.1, 0.15) is 0 Å². The van der Waals surface area contributed by atoms with Crippen molar-refractivity contribution in [3.8, 4) is 0 Å². The van der Waals surface area contributed by atoms with Crippen molar-refractivity contribution in [2.45, 2.75) is 39.7 Å². The Bertz CT molecular complexity index is 94.5. The first-order valence-electron chi connectivity index (χ1n) is 4.83. The largest absolute Gasteiger partial charge is 0.271 e. The van der Waals surface area contributed by atoms with Crippen molar-refractivity contribution >= 4 is 11.8 Å². The van der Waals surface area contributed by atoms with Crippen molar-refractivity contribution < 1.29 is 0 Å². The Labute approximate surface area is 80.6 Å². The van der Waals surface area contributed by atoms with E-state index in [0.717, 1.165) is 11.7 Å². The molecule has 2 nitrogen and oxygen atoms in total. The van der Waals surface area contributed by atoms with Gasteiger partial charge in [-0.05, 0) is 11.7 Å². The molecule has 0 fully saturated rings. The normalized spacial score (nSPS) is 13.8. The van der Waals surface area contributed by atoms with Gasteiger partial charge < -0.3 is 0 Å². The standard InChI is InChI=1S/C9H22N2S/c1-4-8(5-2)9(11-10)7-12-6-3/h8-9,11H,4-7,10H2,1-3H3. The van der Waals surface area contributed by atoms with Crippen LogP contribution in [0.3, 0.4) is 0 Å². The molecule has 74 valence electrons. The summed E-state index contributed by atoms with van der Waals surface area (Å²) >= 11 is 1.96. The summed E-state index contributed by atoms with van der Waals surface area (Å²) in [5, 5.41) is 0. The van der Waals surface area contributed by atoms with E-state index in [4.69, 9.17) is 5.84 Å². The number of rotatable bonds is 7. The van der Waals surface area contributed by atoms with E-state index >= 15 is 0 Å². The monoisotopic (exact) mass is 190 g/mol. The summed E-state index contributed by atoms with van der Waals surface area (Å²) in [5.41, 5.74) is 2.92. The second-order valence-corrected chi connectivity index (χ2v) is 4.33. The number of thioether (sulfide) groups is 1. The summed E-state index contributed by atoms with van der Waals surface area (Å²) < 4.78 is 0. The molecular formula is C9H22N2S. The first-order chi connectivity index (χ1) is 5.79. The summed E-state index contributed by atoms with van der Waals surface area (Å²) in [6, 6.07) is 0.491. The maximum atomic E-state index is 5.50. The first kappa shape index (κ1) is 12.3. The zero-order valence-electron chi connectivity index (χ0n) is 8.47. The Balaban J connectivity index is 3.75. The summed E-state index contributed by atoms with van der Waals surface area (Å²) in [5.74, 6) is 8.55. The second kappa shape index (κ2) is 7.90. The van der Waals surface area contributed by atoms with E-state index in [1.807, 2.05) is 11.8 Å². The smallest absolute Gasteiger partial charge is 0.0329 e. The van der Waals surface area contributed by atoms with Crippen LogP contribution in [0.15, 0.2) is 0 Å². The van der Waals surface area contributed by atoms with Crippen LogP contribution in [0.1, 0.15) is 33.6 Å². The molecule has 12 heavy (non-hydrogen) atoms. The Morgan fingerprint density at radius 1 is 1.25 bits per heavy atom. The molecule has 0 aromatic carbocycles. The van der Waals surface area contributed by atoms with Gasteiger partial charge in [0.05, 0.1) is 0 Å². The lowest BCUT2D eigenvalue weighted by Crippen LogP contribution is -2.42. The first-order valence-corrected chi connectivity index (χ1v) is 5.99. The Kier molecular flexibility index (Phi) is 8.07. The lowest BCUT2D eigenvalue weighted by molar-refractivity contribution is 0.364. The maximum Gasteiger partial charge on any atom is 0.0329 e. The predicted molar refractivity (Wildman–Crippen MR) is 58.2 cm³/mol. The van der Waals surface area contributed by atoms with Gasteiger partial charge >= 0.3 is 0 Å². The summed E-state index contributed by atoms with van der Waals surface area (Å²) in [6.07, 6.45) is 2.44. The summed E-state index contributed by atoms with van der Waals surface area (Å²) in [6.45, 7) is 6.65. The Morgan fingerprint density at radius 2 is 1.83 bits per heavy atom. The molecule has 0 aromatic heterocycles. The van der Waals surface area contributed by atoms with E-state index < -0.39 is 0 Å². The van der Waals surface area contributed by atoms with Gasteiger partial charge in [-0.15, -0.1) is 0 Å². The zero-order chi connectivity index (χ0) is 9.40. The minimum absolute atomic E-state index is 0.491. The molecule has 0 heterocycles. The molecular weight excluding hydrogens is 168 g/mol. The van der Waals surface area contributed by atoms with Crippen molar-refractivity contribution in [2.24, 2.45) is 11.8 Å². The molecule has 0 saturated carbocycles. The molecule has 1 unspecified atom stereocenters. The van der Waals surface area contributed by atoms with Crippen LogP contribution in [0.4, 0.5) is 0 Å². The molecule has 3 N–H and O–H groups in total. The molecule has 0 aliphatic heterocycles. The fourth-order valence-electron chi connectivity index (χ4n) is 1.42. The van der Waals surface area contributed by atoms with E-state index in [9.17, 15) is 0 Å². The van der Waals surface area contributed by atoms with Crippen LogP contribution < -0.4 is 11.3 Å². The molecule has 0 amide bonds. The third kappa shape index (κ3) is 4.33. The maximum absolute atomic E-state index is 5.50. The SMILES string of the molecule is CCSCC(NN)C(CC)CC. The van der Waals surface area contributed by atoms with E-state index in [2.05, 4.69) is 26.2 Å². The minimum Gasteiger partial charge on any atom is -0.271 e. The van der Waals surface area contributed by atoms with E-state index in [1.54, 1.807) is 0 Å². The molecule has 0 radical (unpaired) electrons. The molecule has 0 bridgehead atoms. The number of nitrogens with one attached hydrogen (secondary N) is 1. The molecule has 0 rings (SSSR count). The van der Waals surface area contributed by atoms with Gasteiger partial charge in [-0.1, -0.05) is 33.6 Å². The van der Waals surface area contributed by atoms with Crippen molar-refractivity contribution in [3.63, 3.8) is 0 Å². The highest BCUT2D eigenvalue weighted by Crippen LogP contribution is 2.16. The molecule has 3 heteroatoms. The zero-order valence-corrected chi connectivity index (χ0v) is 9.29. The average molecular weight is 190 g/mol. The van der Waals surface area contributed by atoms with Gasteiger partial charge in [0.15, 0.2) is 0 Å². The highest BCUT2D eigenvalue weighted by atomic mass is 32.2. The van der Waals surface area contributed by atoms with E-state index in [-0.39, 0.29) is 0 Å². The molecule has 0 saturated heterocycles. The van der Waals surface area contributed by atoms with Crippen molar-refractivity contribution in [2.75, 3.05) is 11.5 Å². The number of hydrogen-bond acceptors (Lipinski definition) is 3. The van der Waals surface area contributed by atoms with E-state index in [0.29, 0.717) is 6.04 Å². The molecule has 0 spiro atoms. The van der Waals surface area contributed by atoms with Gasteiger partial charge in [0, 0.05) is 11.8 Å². The fourth-order valence-corrected chi connectivity index (χ4v) is 2.28. The molecule has 0 aliphatic carbocycles. The van der Waals surface area contributed by atoms with Crippen LogP contribution in [-0.4, -0.2) is 17.5 Å². The third-order valence-corrected chi connectivity index (χ3v) is 3.34. The average Bonchev–Trinajstić information content (AvgIpc) is 2.12. The lowest BCUT2D eigenvalue weighted by Gasteiger charge is -2.23. The second-order valence-electron chi connectivity index (χ2n) is 3.01. The van der Waals surface area contributed by atoms with Crippen LogP contribution in [-0.2, 0) is 0 Å². The van der Waals surface area contributed by atoms with Crippen LogP contribution >= 0.6 is 11.8 Å². The van der Waals surface area contributed by atoms with Gasteiger partial charge in [-0.2, -0.15) is 11.8 Å². The van der Waals surface area contributed by atoms with Crippen molar-refractivity contribution in [3.05, 3.63) is 0 Å². The molecule has 0 aromatic rings. The van der Waals surface area contributed by atoms with Crippen LogP contribution in [0.25, 0.3) is 0 Å². The predicted octanol–water partition coefficient (Wildman–Crippen LogP) is 2.01. The molecule has 0 aliphatic rings. The highest BCUT2D eigenvalue weighted by molar-refractivity contribution is 7.99. The quantitative estimate of drug-likeness (QED) is 0.476. The number of hydrogen-bond donors (Lipinski definition) is 2. The van der Waals surface area contributed by atoms with Gasteiger partial charge in [0.25, 0.3) is 0 Å². The van der Waals surface area contributed by atoms with Gasteiger partial charge in [-0.25, -0.2) is 0 Å². The number of nitrogens with two attached hydrogens (primary N) is 1. The van der Waals surface area contributed by atoms with Crippen molar-refractivity contribution in [1.29, 1.82) is 0 Å². The van der Waals surface area contributed by atoms with E-state index in [1.165, 1.54) is 18.6 Å². The topological polar surface area (TPSA) is 38.0 Å². The highest BCUT2D eigenvalue weighted by Gasteiger charge is 2.15. The minimum atomic E-state index is 0.491. The van der Waals surface area contributed by atoms with Gasteiger partial charge in [0.2, 0.25) is 0 Å². The Hall–Kier alpha value is 0.270. The Morgan fingerprint density at radius 3 is 2.17 bits per heavy atom.